The van der Waals surface area contributed by atoms with Gasteiger partial charge in [0.1, 0.15) is 17.3 Å². The number of carbonyl (C=O) groups excluding carboxylic acids is 2. The van der Waals surface area contributed by atoms with Crippen molar-refractivity contribution in [2.75, 3.05) is 19.1 Å². The number of nitrogens with zero attached hydrogens (tertiary/aromatic N) is 2. The number of ether oxygens (including phenoxy) is 2. The van der Waals surface area contributed by atoms with E-state index in [1.807, 2.05) is 0 Å². The molecular formula is C24H20N2O5. The van der Waals surface area contributed by atoms with Crippen LogP contribution in [0.5, 0.6) is 11.5 Å². The first kappa shape index (κ1) is 20.2. The highest BCUT2D eigenvalue weighted by atomic mass is 16.5. The lowest BCUT2D eigenvalue weighted by Gasteiger charge is -2.26. The van der Waals surface area contributed by atoms with Gasteiger partial charge in [0.2, 0.25) is 0 Å². The Hall–Kier alpha value is -4.13. The summed E-state index contributed by atoms with van der Waals surface area (Å²) in [6.07, 6.45) is 3.17. The van der Waals surface area contributed by atoms with Gasteiger partial charge in [0.05, 0.1) is 31.5 Å². The molecule has 3 aromatic rings. The van der Waals surface area contributed by atoms with Crippen LogP contribution in [0.15, 0.2) is 78.6 Å². The summed E-state index contributed by atoms with van der Waals surface area (Å²) in [5, 5.41) is 11.1. The highest BCUT2D eigenvalue weighted by molar-refractivity contribution is 6.51. The summed E-state index contributed by atoms with van der Waals surface area (Å²) < 4.78 is 10.6. The highest BCUT2D eigenvalue weighted by Crippen LogP contribution is 2.44. The number of pyridine rings is 1. The Bertz CT molecular complexity index is 1170. The van der Waals surface area contributed by atoms with E-state index < -0.39 is 17.7 Å². The molecule has 0 aliphatic carbocycles. The van der Waals surface area contributed by atoms with Crippen molar-refractivity contribution in [3.05, 3.63) is 89.8 Å². The molecule has 31 heavy (non-hydrogen) atoms. The van der Waals surface area contributed by atoms with E-state index in [4.69, 9.17) is 9.47 Å². The van der Waals surface area contributed by atoms with Crippen molar-refractivity contribution >= 4 is 23.1 Å². The van der Waals surface area contributed by atoms with Gasteiger partial charge in [-0.1, -0.05) is 30.3 Å². The molecule has 4 rings (SSSR count). The van der Waals surface area contributed by atoms with E-state index >= 15 is 0 Å². The fourth-order valence-corrected chi connectivity index (χ4v) is 3.69. The molecule has 1 fully saturated rings. The average molecular weight is 416 g/mol. The second-order valence-electron chi connectivity index (χ2n) is 6.86. The summed E-state index contributed by atoms with van der Waals surface area (Å²) in [6.45, 7) is 0. The van der Waals surface area contributed by atoms with Gasteiger partial charge in [-0.05, 0) is 35.9 Å². The standard InChI is InChI=1S/C24H20N2O5/c1-30-17-9-5-7-15(13-17)22(27)20-21(16-8-6-12-25-14-16)26(24(29)23(20)28)18-10-3-4-11-19(18)31-2/h3-14,21,27H,1-2H3/b22-20-. The zero-order chi connectivity index (χ0) is 22.0. The lowest BCUT2D eigenvalue weighted by molar-refractivity contribution is -0.132. The molecule has 1 aliphatic rings. The van der Waals surface area contributed by atoms with Gasteiger partial charge in [-0.3, -0.25) is 19.5 Å². The molecule has 0 spiro atoms. The molecule has 1 aromatic heterocycles. The number of hydrogen-bond acceptors (Lipinski definition) is 6. The number of aliphatic hydroxyl groups is 1. The molecule has 1 amide bonds. The van der Waals surface area contributed by atoms with Crippen molar-refractivity contribution in [2.45, 2.75) is 6.04 Å². The minimum absolute atomic E-state index is 0.0304. The second-order valence-corrected chi connectivity index (χ2v) is 6.86. The fraction of sp³-hybridized carbons (Fsp3) is 0.125. The van der Waals surface area contributed by atoms with Crippen molar-refractivity contribution in [1.82, 2.24) is 4.98 Å². The number of amides is 1. The number of aliphatic hydroxyl groups excluding tert-OH is 1. The van der Waals surface area contributed by atoms with E-state index in [2.05, 4.69) is 4.98 Å². The third kappa shape index (κ3) is 3.50. The summed E-state index contributed by atoms with van der Waals surface area (Å²) in [4.78, 5) is 31.8. The van der Waals surface area contributed by atoms with Crippen LogP contribution in [0, 0.1) is 0 Å². The molecule has 2 aromatic carbocycles. The van der Waals surface area contributed by atoms with Crippen molar-refractivity contribution in [3.63, 3.8) is 0 Å². The van der Waals surface area contributed by atoms with Crippen molar-refractivity contribution in [3.8, 4) is 11.5 Å². The van der Waals surface area contributed by atoms with Gasteiger partial charge >= 0.3 is 0 Å². The van der Waals surface area contributed by atoms with Crippen LogP contribution in [0.1, 0.15) is 17.2 Å². The minimum atomic E-state index is -0.879. The number of Topliss-reactive ketones (excluding diaryl/α,β-unsaturated/α-hetero) is 1. The SMILES string of the molecule is COc1cccc(/C(O)=C2/C(=O)C(=O)N(c3ccccc3OC)C2c2cccnc2)c1. The first-order valence-corrected chi connectivity index (χ1v) is 9.55. The van der Waals surface area contributed by atoms with Crippen molar-refractivity contribution in [2.24, 2.45) is 0 Å². The monoisotopic (exact) mass is 416 g/mol. The summed E-state index contributed by atoms with van der Waals surface area (Å²) >= 11 is 0. The van der Waals surface area contributed by atoms with Gasteiger partial charge in [-0.2, -0.15) is 0 Å². The van der Waals surface area contributed by atoms with Crippen LogP contribution in [-0.4, -0.2) is 36.0 Å². The Morgan fingerprint density at radius 3 is 2.52 bits per heavy atom. The molecule has 0 saturated carbocycles. The summed E-state index contributed by atoms with van der Waals surface area (Å²) in [5.74, 6) is -0.896. The van der Waals surface area contributed by atoms with Crippen LogP contribution in [0.3, 0.4) is 0 Å². The van der Waals surface area contributed by atoms with Gasteiger partial charge in [-0.15, -0.1) is 0 Å². The normalized spacial score (nSPS) is 17.6. The number of hydrogen-bond donors (Lipinski definition) is 1. The van der Waals surface area contributed by atoms with Crippen LogP contribution in [0.2, 0.25) is 0 Å². The van der Waals surface area contributed by atoms with Crippen LogP contribution >= 0.6 is 0 Å². The molecule has 7 heteroatoms. The van der Waals surface area contributed by atoms with E-state index in [0.29, 0.717) is 28.3 Å². The number of anilines is 1. The maximum absolute atomic E-state index is 13.2. The van der Waals surface area contributed by atoms with E-state index in [0.717, 1.165) is 0 Å². The molecule has 0 bridgehead atoms. The number of benzene rings is 2. The molecule has 156 valence electrons. The van der Waals surface area contributed by atoms with Crippen LogP contribution in [0.4, 0.5) is 5.69 Å². The van der Waals surface area contributed by atoms with E-state index in [1.54, 1.807) is 73.1 Å². The van der Waals surface area contributed by atoms with Gasteiger partial charge in [-0.25, -0.2) is 0 Å². The Morgan fingerprint density at radius 2 is 1.81 bits per heavy atom. The predicted octanol–water partition coefficient (Wildman–Crippen LogP) is 3.73. The topological polar surface area (TPSA) is 89.0 Å². The Kier molecular flexibility index (Phi) is 5.41. The molecule has 1 aliphatic heterocycles. The minimum Gasteiger partial charge on any atom is -0.507 e. The molecular weight excluding hydrogens is 396 g/mol. The number of aromatic nitrogens is 1. The van der Waals surface area contributed by atoms with Crippen molar-refractivity contribution < 1.29 is 24.2 Å². The molecule has 0 radical (unpaired) electrons. The fourth-order valence-electron chi connectivity index (χ4n) is 3.69. The third-order valence-electron chi connectivity index (χ3n) is 5.13. The number of rotatable bonds is 5. The van der Waals surface area contributed by atoms with Crippen LogP contribution in [-0.2, 0) is 9.59 Å². The largest absolute Gasteiger partial charge is 0.507 e. The van der Waals surface area contributed by atoms with Gasteiger partial charge in [0.15, 0.2) is 0 Å². The lowest BCUT2D eigenvalue weighted by atomic mass is 9.96. The van der Waals surface area contributed by atoms with E-state index in [9.17, 15) is 14.7 Å². The Balaban J connectivity index is 1.96. The molecule has 2 heterocycles. The van der Waals surface area contributed by atoms with Gasteiger partial charge in [0.25, 0.3) is 11.7 Å². The van der Waals surface area contributed by atoms with Crippen LogP contribution in [0.25, 0.3) is 5.76 Å². The van der Waals surface area contributed by atoms with E-state index in [1.165, 1.54) is 19.1 Å². The molecule has 1 saturated heterocycles. The van der Waals surface area contributed by atoms with Crippen LogP contribution < -0.4 is 14.4 Å². The predicted molar refractivity (Wildman–Crippen MR) is 115 cm³/mol. The number of carbonyl (C=O) groups is 2. The third-order valence-corrected chi connectivity index (χ3v) is 5.13. The van der Waals surface area contributed by atoms with Crippen molar-refractivity contribution in [1.29, 1.82) is 0 Å². The quantitative estimate of drug-likeness (QED) is 0.387. The molecule has 7 nitrogen and oxygen atoms in total. The zero-order valence-electron chi connectivity index (χ0n) is 17.0. The molecule has 1 unspecified atom stereocenters. The van der Waals surface area contributed by atoms with Gasteiger partial charge < -0.3 is 14.6 Å². The summed E-state index contributed by atoms with van der Waals surface area (Å²) in [7, 11) is 3.00. The maximum atomic E-state index is 13.2. The first-order chi connectivity index (χ1) is 15.1. The zero-order valence-corrected chi connectivity index (χ0v) is 17.0. The number of methoxy groups -OCH3 is 2. The summed E-state index contributed by atoms with van der Waals surface area (Å²) in [6, 6.07) is 16.2. The molecule has 1 N–H and O–H groups in total. The number of para-hydroxylation sites is 2. The second kappa shape index (κ2) is 8.31. The Morgan fingerprint density at radius 1 is 1.00 bits per heavy atom. The average Bonchev–Trinajstić information content (AvgIpc) is 3.09. The number of ketones is 1. The summed E-state index contributed by atoms with van der Waals surface area (Å²) in [5.41, 5.74) is 1.34. The maximum Gasteiger partial charge on any atom is 0.300 e. The van der Waals surface area contributed by atoms with E-state index in [-0.39, 0.29) is 11.3 Å². The highest BCUT2D eigenvalue weighted by Gasteiger charge is 2.47. The Labute approximate surface area is 179 Å². The first-order valence-electron chi connectivity index (χ1n) is 9.55. The molecule has 1 atom stereocenters. The smallest absolute Gasteiger partial charge is 0.300 e. The van der Waals surface area contributed by atoms with Gasteiger partial charge in [0, 0.05) is 18.0 Å². The lowest BCUT2D eigenvalue weighted by Crippen LogP contribution is -2.29.